The number of ketones is 1. The highest BCUT2D eigenvalue weighted by Crippen LogP contribution is 2.43. The third kappa shape index (κ3) is 2.87. The predicted octanol–water partition coefficient (Wildman–Crippen LogP) is 4.20. The Bertz CT molecular complexity index is 1100. The van der Waals surface area contributed by atoms with Crippen LogP contribution in [0.15, 0.2) is 71.6 Å². The summed E-state index contributed by atoms with van der Waals surface area (Å²) in [6.07, 6.45) is 2.89. The fourth-order valence-electron chi connectivity index (χ4n) is 3.16. The van der Waals surface area contributed by atoms with Crippen LogP contribution in [0.25, 0.3) is 0 Å². The molecule has 28 heavy (non-hydrogen) atoms. The van der Waals surface area contributed by atoms with Crippen LogP contribution < -0.4 is 4.90 Å². The molecule has 5 nitrogen and oxygen atoms in total. The second-order valence-corrected chi connectivity index (χ2v) is 6.97. The Labute approximate surface area is 162 Å². The first kappa shape index (κ1) is 18.0. The van der Waals surface area contributed by atoms with Crippen molar-refractivity contribution in [1.29, 1.82) is 0 Å². The van der Waals surface area contributed by atoms with Gasteiger partial charge in [0.25, 0.3) is 5.91 Å². The van der Waals surface area contributed by atoms with Crippen molar-refractivity contribution in [2.75, 3.05) is 4.90 Å². The average molecular weight is 398 g/mol. The van der Waals surface area contributed by atoms with Gasteiger partial charge in [-0.3, -0.25) is 19.5 Å². The van der Waals surface area contributed by atoms with E-state index in [0.29, 0.717) is 10.4 Å². The molecule has 1 amide bonds. The number of benzene rings is 1. The molecule has 2 aromatic heterocycles. The number of hydrogen-bond donors (Lipinski definition) is 1. The van der Waals surface area contributed by atoms with Crippen molar-refractivity contribution in [3.05, 3.63) is 93.6 Å². The Hall–Kier alpha value is -3.39. The van der Waals surface area contributed by atoms with Gasteiger partial charge in [-0.25, -0.2) is 8.78 Å². The van der Waals surface area contributed by atoms with E-state index in [1.807, 2.05) is 0 Å². The van der Waals surface area contributed by atoms with E-state index in [1.165, 1.54) is 12.4 Å². The summed E-state index contributed by atoms with van der Waals surface area (Å²) in [5.74, 6) is -3.93. The monoisotopic (exact) mass is 398 g/mol. The number of aliphatic hydroxyl groups excluding tert-OH is 1. The Balaban J connectivity index is 1.92. The first-order valence-electron chi connectivity index (χ1n) is 8.19. The molecule has 3 heterocycles. The van der Waals surface area contributed by atoms with Crippen LogP contribution in [0.2, 0.25) is 0 Å². The van der Waals surface area contributed by atoms with Crippen molar-refractivity contribution in [1.82, 2.24) is 4.98 Å². The standard InChI is InChI=1S/C20H12F2N2O3S/c21-12-3-4-13(22)14(10-12)24-17(11-5-7-23-8-6-11)16(19(26)20(24)27)18(25)15-2-1-9-28-15/h1-10,17,26H. The van der Waals surface area contributed by atoms with E-state index >= 15 is 0 Å². The number of aliphatic hydroxyl groups is 1. The fourth-order valence-corrected chi connectivity index (χ4v) is 3.84. The normalized spacial score (nSPS) is 16.7. The van der Waals surface area contributed by atoms with Gasteiger partial charge in [-0.2, -0.15) is 0 Å². The summed E-state index contributed by atoms with van der Waals surface area (Å²) in [5.41, 5.74) is -0.134. The Morgan fingerprint density at radius 2 is 1.89 bits per heavy atom. The number of carbonyl (C=O) groups excluding carboxylic acids is 2. The van der Waals surface area contributed by atoms with Crippen LogP contribution in [0, 0.1) is 11.6 Å². The van der Waals surface area contributed by atoms with Gasteiger partial charge >= 0.3 is 0 Å². The average Bonchev–Trinajstić information content (AvgIpc) is 3.32. The van der Waals surface area contributed by atoms with E-state index in [4.69, 9.17) is 0 Å². The SMILES string of the molecule is O=C(C1=C(O)C(=O)N(c2cc(F)ccc2F)C1c1ccncc1)c1cccs1. The number of carbonyl (C=O) groups is 2. The van der Waals surface area contributed by atoms with Crippen LogP contribution in [-0.4, -0.2) is 21.8 Å². The molecule has 1 N–H and O–H groups in total. The largest absolute Gasteiger partial charge is 0.503 e. The van der Waals surface area contributed by atoms with E-state index in [-0.39, 0.29) is 11.3 Å². The third-order valence-corrected chi connectivity index (χ3v) is 5.26. The number of pyridine rings is 1. The minimum atomic E-state index is -1.12. The maximum absolute atomic E-state index is 14.5. The predicted molar refractivity (Wildman–Crippen MR) is 99.1 cm³/mol. The molecular weight excluding hydrogens is 386 g/mol. The van der Waals surface area contributed by atoms with E-state index in [0.717, 1.165) is 34.4 Å². The Morgan fingerprint density at radius 1 is 1.14 bits per heavy atom. The second-order valence-electron chi connectivity index (χ2n) is 6.02. The summed E-state index contributed by atoms with van der Waals surface area (Å²) in [6, 6.07) is 7.85. The summed E-state index contributed by atoms with van der Waals surface area (Å²) in [4.78, 5) is 30.9. The molecule has 4 rings (SSSR count). The van der Waals surface area contributed by atoms with Crippen molar-refractivity contribution in [3.63, 3.8) is 0 Å². The van der Waals surface area contributed by atoms with Gasteiger partial charge in [0.1, 0.15) is 11.6 Å². The quantitative estimate of drug-likeness (QED) is 0.669. The van der Waals surface area contributed by atoms with Gasteiger partial charge in [0.05, 0.1) is 22.2 Å². The number of anilines is 1. The molecule has 0 radical (unpaired) electrons. The molecule has 140 valence electrons. The minimum absolute atomic E-state index is 0.192. The molecule has 1 atom stereocenters. The van der Waals surface area contributed by atoms with Crippen molar-refractivity contribution in [2.45, 2.75) is 6.04 Å². The van der Waals surface area contributed by atoms with Gasteiger partial charge in [0.15, 0.2) is 5.76 Å². The fraction of sp³-hybridized carbons (Fsp3) is 0.0500. The van der Waals surface area contributed by atoms with E-state index in [1.54, 1.807) is 29.6 Å². The number of amides is 1. The van der Waals surface area contributed by atoms with Gasteiger partial charge in [-0.15, -0.1) is 11.3 Å². The second kappa shape index (κ2) is 6.97. The van der Waals surface area contributed by atoms with Crippen LogP contribution in [0.3, 0.4) is 0 Å². The highest BCUT2D eigenvalue weighted by atomic mass is 32.1. The minimum Gasteiger partial charge on any atom is -0.503 e. The number of aromatic nitrogens is 1. The van der Waals surface area contributed by atoms with Gasteiger partial charge in [-0.1, -0.05) is 6.07 Å². The lowest BCUT2D eigenvalue weighted by atomic mass is 9.96. The van der Waals surface area contributed by atoms with Gasteiger partial charge < -0.3 is 5.11 Å². The number of rotatable bonds is 4. The maximum Gasteiger partial charge on any atom is 0.294 e. The molecular formula is C20H12F2N2O3S. The summed E-state index contributed by atoms with van der Waals surface area (Å²) in [6.45, 7) is 0. The molecule has 1 aromatic carbocycles. The highest BCUT2D eigenvalue weighted by Gasteiger charge is 2.45. The Kier molecular flexibility index (Phi) is 4.48. The molecule has 0 aliphatic carbocycles. The van der Waals surface area contributed by atoms with Gasteiger partial charge in [-0.05, 0) is 41.3 Å². The zero-order valence-corrected chi connectivity index (χ0v) is 15.0. The van der Waals surface area contributed by atoms with Crippen molar-refractivity contribution >= 4 is 28.7 Å². The number of nitrogens with zero attached hydrogens (tertiary/aromatic N) is 2. The van der Waals surface area contributed by atoms with Crippen molar-refractivity contribution in [2.24, 2.45) is 0 Å². The summed E-state index contributed by atoms with van der Waals surface area (Å²) >= 11 is 1.15. The molecule has 1 aliphatic rings. The highest BCUT2D eigenvalue weighted by molar-refractivity contribution is 7.12. The van der Waals surface area contributed by atoms with E-state index in [9.17, 15) is 23.5 Å². The molecule has 0 saturated carbocycles. The molecule has 1 aliphatic heterocycles. The van der Waals surface area contributed by atoms with E-state index < -0.39 is 35.1 Å². The molecule has 0 bridgehead atoms. The first-order valence-corrected chi connectivity index (χ1v) is 9.07. The lowest BCUT2D eigenvalue weighted by molar-refractivity contribution is -0.117. The van der Waals surface area contributed by atoms with Crippen LogP contribution in [0.5, 0.6) is 0 Å². The summed E-state index contributed by atoms with van der Waals surface area (Å²) in [5, 5.41) is 12.2. The molecule has 3 aromatic rings. The Morgan fingerprint density at radius 3 is 2.57 bits per heavy atom. The zero-order chi connectivity index (χ0) is 19.8. The topological polar surface area (TPSA) is 70.5 Å². The molecule has 1 unspecified atom stereocenters. The number of hydrogen-bond acceptors (Lipinski definition) is 5. The van der Waals surface area contributed by atoms with E-state index in [2.05, 4.69) is 4.98 Å². The number of thiophene rings is 1. The lowest BCUT2D eigenvalue weighted by Gasteiger charge is -2.27. The zero-order valence-electron chi connectivity index (χ0n) is 14.2. The van der Waals surface area contributed by atoms with Gasteiger partial charge in [0.2, 0.25) is 5.78 Å². The first-order chi connectivity index (χ1) is 13.5. The molecule has 0 saturated heterocycles. The molecule has 8 heteroatoms. The van der Waals surface area contributed by atoms with Crippen LogP contribution >= 0.6 is 11.3 Å². The van der Waals surface area contributed by atoms with Gasteiger partial charge in [0, 0.05) is 18.5 Å². The van der Waals surface area contributed by atoms with Crippen LogP contribution in [-0.2, 0) is 4.79 Å². The maximum atomic E-state index is 14.5. The summed E-state index contributed by atoms with van der Waals surface area (Å²) in [7, 11) is 0. The smallest absolute Gasteiger partial charge is 0.294 e. The van der Waals surface area contributed by atoms with Crippen LogP contribution in [0.4, 0.5) is 14.5 Å². The lowest BCUT2D eigenvalue weighted by Crippen LogP contribution is -2.31. The number of halogens is 2. The van der Waals surface area contributed by atoms with Crippen molar-refractivity contribution < 1.29 is 23.5 Å². The summed E-state index contributed by atoms with van der Waals surface area (Å²) < 4.78 is 28.2. The third-order valence-electron chi connectivity index (χ3n) is 4.39. The van der Waals surface area contributed by atoms with Crippen molar-refractivity contribution in [3.8, 4) is 0 Å². The number of Topliss-reactive ketones (excluding diaryl/α,β-unsaturated/α-hetero) is 1. The molecule has 0 fully saturated rings. The van der Waals surface area contributed by atoms with Crippen LogP contribution in [0.1, 0.15) is 21.3 Å². The molecule has 0 spiro atoms.